The highest BCUT2D eigenvalue weighted by Gasteiger charge is 2.15. The molecule has 2 rings (SSSR count). The van der Waals surface area contributed by atoms with Gasteiger partial charge in [0, 0.05) is 29.2 Å². The molecule has 0 radical (unpaired) electrons. The Morgan fingerprint density at radius 1 is 1.59 bits per heavy atom. The molecule has 0 saturated heterocycles. The predicted molar refractivity (Wildman–Crippen MR) is 74.6 cm³/mol. The van der Waals surface area contributed by atoms with E-state index in [1.807, 2.05) is 18.2 Å². The molecule has 0 bridgehead atoms. The van der Waals surface area contributed by atoms with E-state index < -0.39 is 0 Å². The van der Waals surface area contributed by atoms with Crippen molar-refractivity contribution in [1.82, 2.24) is 15.1 Å². The van der Waals surface area contributed by atoms with E-state index in [1.54, 1.807) is 11.7 Å². The minimum absolute atomic E-state index is 0.119. The van der Waals surface area contributed by atoms with Gasteiger partial charge in [0.25, 0.3) is 5.91 Å². The van der Waals surface area contributed by atoms with Crippen molar-refractivity contribution in [3.05, 3.63) is 28.4 Å². The minimum atomic E-state index is -0.119. The van der Waals surface area contributed by atoms with Gasteiger partial charge < -0.3 is 5.32 Å². The van der Waals surface area contributed by atoms with E-state index in [4.69, 9.17) is 0 Å². The van der Waals surface area contributed by atoms with E-state index in [0.29, 0.717) is 18.0 Å². The van der Waals surface area contributed by atoms with Crippen LogP contribution in [0.2, 0.25) is 0 Å². The Morgan fingerprint density at radius 3 is 3.06 bits per heavy atom. The summed E-state index contributed by atoms with van der Waals surface area (Å²) >= 11 is 7.45. The van der Waals surface area contributed by atoms with Crippen molar-refractivity contribution in [2.24, 2.45) is 7.05 Å². The lowest BCUT2D eigenvalue weighted by Gasteiger charge is -2.03. The second kappa shape index (κ2) is 5.10. The fourth-order valence-corrected chi connectivity index (χ4v) is 2.16. The molecule has 0 aliphatic heterocycles. The van der Waals surface area contributed by atoms with Gasteiger partial charge in [-0.1, -0.05) is 15.9 Å². The summed E-state index contributed by atoms with van der Waals surface area (Å²) in [6.07, 6.45) is 0. The van der Waals surface area contributed by atoms with Gasteiger partial charge in [0.05, 0.1) is 5.52 Å². The Balaban J connectivity index is 2.46. The lowest BCUT2D eigenvalue weighted by molar-refractivity contribution is 0.0948. The zero-order valence-electron chi connectivity index (χ0n) is 9.27. The molecule has 0 atom stereocenters. The Kier molecular flexibility index (Phi) is 3.73. The summed E-state index contributed by atoms with van der Waals surface area (Å²) in [5.74, 6) is 0.499. The number of thiol groups is 1. The van der Waals surface area contributed by atoms with Crippen LogP contribution in [0.4, 0.5) is 0 Å². The molecule has 17 heavy (non-hydrogen) atoms. The molecular formula is C11H12BrN3OS. The van der Waals surface area contributed by atoms with Crippen molar-refractivity contribution in [2.45, 2.75) is 0 Å². The van der Waals surface area contributed by atoms with Crippen LogP contribution in [0.3, 0.4) is 0 Å². The fraction of sp³-hybridized carbons (Fsp3) is 0.273. The number of rotatable bonds is 3. The number of nitrogens with one attached hydrogen (secondary N) is 1. The van der Waals surface area contributed by atoms with Crippen LogP contribution < -0.4 is 5.32 Å². The number of fused-ring (bicyclic) bond motifs is 1. The molecule has 90 valence electrons. The summed E-state index contributed by atoms with van der Waals surface area (Å²) in [5.41, 5.74) is 1.38. The first-order valence-electron chi connectivity index (χ1n) is 5.15. The van der Waals surface area contributed by atoms with Gasteiger partial charge in [-0.15, -0.1) is 0 Å². The van der Waals surface area contributed by atoms with Crippen molar-refractivity contribution >= 4 is 45.4 Å². The number of aryl methyl sites for hydroxylation is 1. The molecule has 6 heteroatoms. The summed E-state index contributed by atoms with van der Waals surface area (Å²) in [6.45, 7) is 0.547. The highest BCUT2D eigenvalue weighted by atomic mass is 79.9. The molecule has 2 aromatic rings. The van der Waals surface area contributed by atoms with Crippen molar-refractivity contribution in [3.8, 4) is 0 Å². The van der Waals surface area contributed by atoms with E-state index >= 15 is 0 Å². The Labute approximate surface area is 113 Å². The lowest BCUT2D eigenvalue weighted by Crippen LogP contribution is -2.27. The van der Waals surface area contributed by atoms with Gasteiger partial charge in [-0.2, -0.15) is 17.7 Å². The molecule has 0 unspecified atom stereocenters. The van der Waals surface area contributed by atoms with Crippen LogP contribution >= 0.6 is 28.6 Å². The first-order chi connectivity index (χ1) is 8.13. The predicted octanol–water partition coefficient (Wildman–Crippen LogP) is 2.00. The summed E-state index contributed by atoms with van der Waals surface area (Å²) in [4.78, 5) is 12.0. The maximum absolute atomic E-state index is 12.0. The zero-order chi connectivity index (χ0) is 12.4. The van der Waals surface area contributed by atoms with E-state index in [0.717, 1.165) is 15.4 Å². The largest absolute Gasteiger partial charge is 0.350 e. The molecular weight excluding hydrogens is 302 g/mol. The van der Waals surface area contributed by atoms with Crippen LogP contribution in [0.15, 0.2) is 22.7 Å². The number of carbonyl (C=O) groups is 1. The molecule has 0 fully saturated rings. The van der Waals surface area contributed by atoms with Gasteiger partial charge in [-0.05, 0) is 18.2 Å². The van der Waals surface area contributed by atoms with E-state index in [-0.39, 0.29) is 5.91 Å². The second-order valence-electron chi connectivity index (χ2n) is 3.61. The number of carbonyl (C=O) groups excluding carboxylic acids is 1. The molecule has 0 aliphatic carbocycles. The number of aromatic nitrogens is 2. The molecule has 1 aromatic carbocycles. The van der Waals surface area contributed by atoms with Crippen molar-refractivity contribution in [2.75, 3.05) is 12.3 Å². The summed E-state index contributed by atoms with van der Waals surface area (Å²) in [5, 5.41) is 7.96. The molecule has 1 aromatic heterocycles. The van der Waals surface area contributed by atoms with Gasteiger partial charge in [-0.3, -0.25) is 9.48 Å². The Bertz CT molecular complexity index is 567. The number of halogens is 1. The number of nitrogens with zero attached hydrogens (tertiary/aromatic N) is 2. The summed E-state index contributed by atoms with van der Waals surface area (Å²) in [7, 11) is 1.77. The third kappa shape index (κ3) is 2.47. The number of benzene rings is 1. The van der Waals surface area contributed by atoms with Crippen LogP contribution in [0.5, 0.6) is 0 Å². The number of amides is 1. The molecule has 0 aliphatic rings. The van der Waals surface area contributed by atoms with E-state index in [2.05, 4.69) is 39.0 Å². The standard InChI is InChI=1S/C11H12BrN3OS/c1-15-10(11(16)13-4-5-17)8-3-2-7(12)6-9(8)14-15/h2-3,6,17H,4-5H2,1H3,(H,13,16). The van der Waals surface area contributed by atoms with Crippen molar-refractivity contribution in [3.63, 3.8) is 0 Å². The van der Waals surface area contributed by atoms with Crippen LogP contribution in [-0.2, 0) is 7.05 Å². The second-order valence-corrected chi connectivity index (χ2v) is 4.98. The quantitative estimate of drug-likeness (QED) is 0.851. The van der Waals surface area contributed by atoms with Gasteiger partial charge >= 0.3 is 0 Å². The summed E-state index contributed by atoms with van der Waals surface area (Å²) < 4.78 is 2.55. The van der Waals surface area contributed by atoms with E-state index in [9.17, 15) is 4.79 Å². The van der Waals surface area contributed by atoms with Crippen LogP contribution in [0.1, 0.15) is 10.5 Å². The van der Waals surface area contributed by atoms with Gasteiger partial charge in [0.15, 0.2) is 0 Å². The SMILES string of the molecule is Cn1nc2cc(Br)ccc2c1C(=O)NCCS. The maximum atomic E-state index is 12.0. The highest BCUT2D eigenvalue weighted by Crippen LogP contribution is 2.21. The number of hydrogen-bond donors (Lipinski definition) is 2. The fourth-order valence-electron chi connectivity index (χ4n) is 1.70. The summed E-state index contributed by atoms with van der Waals surface area (Å²) in [6, 6.07) is 5.69. The van der Waals surface area contributed by atoms with Gasteiger partial charge in [0.2, 0.25) is 0 Å². The van der Waals surface area contributed by atoms with Crippen molar-refractivity contribution < 1.29 is 4.79 Å². The number of hydrogen-bond acceptors (Lipinski definition) is 3. The lowest BCUT2D eigenvalue weighted by atomic mass is 10.2. The molecule has 4 nitrogen and oxygen atoms in total. The van der Waals surface area contributed by atoms with Crippen LogP contribution in [0.25, 0.3) is 10.9 Å². The molecule has 1 N–H and O–H groups in total. The zero-order valence-corrected chi connectivity index (χ0v) is 11.8. The topological polar surface area (TPSA) is 46.9 Å². The van der Waals surface area contributed by atoms with Crippen molar-refractivity contribution in [1.29, 1.82) is 0 Å². The Hall–Kier alpha value is -1.01. The molecule has 1 amide bonds. The maximum Gasteiger partial charge on any atom is 0.270 e. The molecule has 0 spiro atoms. The average molecular weight is 314 g/mol. The van der Waals surface area contributed by atoms with Crippen LogP contribution in [0, 0.1) is 0 Å². The normalized spacial score (nSPS) is 10.8. The highest BCUT2D eigenvalue weighted by molar-refractivity contribution is 9.10. The van der Waals surface area contributed by atoms with Crippen LogP contribution in [-0.4, -0.2) is 28.0 Å². The minimum Gasteiger partial charge on any atom is -0.350 e. The monoisotopic (exact) mass is 313 g/mol. The Morgan fingerprint density at radius 2 is 2.35 bits per heavy atom. The smallest absolute Gasteiger partial charge is 0.270 e. The first kappa shape index (κ1) is 12.4. The van der Waals surface area contributed by atoms with Gasteiger partial charge in [0.1, 0.15) is 5.69 Å². The third-order valence-electron chi connectivity index (χ3n) is 2.41. The van der Waals surface area contributed by atoms with Gasteiger partial charge in [-0.25, -0.2) is 0 Å². The van der Waals surface area contributed by atoms with E-state index in [1.165, 1.54) is 0 Å². The molecule has 1 heterocycles. The first-order valence-corrected chi connectivity index (χ1v) is 6.57. The third-order valence-corrected chi connectivity index (χ3v) is 3.13. The average Bonchev–Trinajstić information content (AvgIpc) is 2.61. The molecule has 0 saturated carbocycles.